The molecule has 0 fully saturated rings. The average molecular weight is 421 g/mol. The quantitative estimate of drug-likeness (QED) is 0.749. The minimum atomic E-state index is -0.385. The predicted molar refractivity (Wildman–Crippen MR) is 104 cm³/mol. The minimum Gasteiger partial charge on any atom is -0.496 e. The Balaban J connectivity index is 2.03. The van der Waals surface area contributed by atoms with Gasteiger partial charge in [0.1, 0.15) is 11.5 Å². The number of aryl methyl sites for hydroxylation is 1. The van der Waals surface area contributed by atoms with Crippen LogP contribution in [0.3, 0.4) is 0 Å². The van der Waals surface area contributed by atoms with Crippen molar-refractivity contribution in [2.24, 2.45) is 0 Å². The SMILES string of the molecule is COc1cc(C(=O)NCC(=O)Nc2ccc(Br)cc2C)cc(OC)c1C. The van der Waals surface area contributed by atoms with Gasteiger partial charge in [-0.25, -0.2) is 0 Å². The number of hydrogen-bond donors (Lipinski definition) is 2. The number of nitrogens with one attached hydrogen (secondary N) is 2. The van der Waals surface area contributed by atoms with Crippen LogP contribution in [0.25, 0.3) is 0 Å². The van der Waals surface area contributed by atoms with Crippen molar-refractivity contribution in [3.63, 3.8) is 0 Å². The van der Waals surface area contributed by atoms with E-state index in [0.717, 1.165) is 15.6 Å². The number of carbonyl (C=O) groups is 2. The summed E-state index contributed by atoms with van der Waals surface area (Å²) in [7, 11) is 3.05. The van der Waals surface area contributed by atoms with Crippen LogP contribution < -0.4 is 20.1 Å². The Bertz CT molecular complexity index is 811. The van der Waals surface area contributed by atoms with E-state index in [9.17, 15) is 9.59 Å². The van der Waals surface area contributed by atoms with E-state index in [2.05, 4.69) is 26.6 Å². The van der Waals surface area contributed by atoms with Gasteiger partial charge in [-0.3, -0.25) is 9.59 Å². The maximum atomic E-state index is 12.4. The molecule has 2 N–H and O–H groups in total. The molecule has 0 aliphatic carbocycles. The number of carbonyl (C=O) groups excluding carboxylic acids is 2. The highest BCUT2D eigenvalue weighted by molar-refractivity contribution is 9.10. The zero-order chi connectivity index (χ0) is 19.3. The number of hydrogen-bond acceptors (Lipinski definition) is 4. The molecule has 0 spiro atoms. The van der Waals surface area contributed by atoms with Gasteiger partial charge in [-0.1, -0.05) is 15.9 Å². The third kappa shape index (κ3) is 4.76. The van der Waals surface area contributed by atoms with Crippen LogP contribution in [0.1, 0.15) is 21.5 Å². The average Bonchev–Trinajstić information content (AvgIpc) is 2.62. The molecule has 2 rings (SSSR count). The second kappa shape index (κ2) is 8.71. The van der Waals surface area contributed by atoms with E-state index in [0.29, 0.717) is 22.7 Å². The third-order valence-corrected chi connectivity index (χ3v) is 4.38. The second-order valence-corrected chi connectivity index (χ2v) is 6.61. The molecule has 0 radical (unpaired) electrons. The molecule has 0 heterocycles. The predicted octanol–water partition coefficient (Wildman–Crippen LogP) is 3.45. The van der Waals surface area contributed by atoms with Crippen molar-refractivity contribution in [2.45, 2.75) is 13.8 Å². The molecule has 6 nitrogen and oxygen atoms in total. The first-order chi connectivity index (χ1) is 12.3. The maximum absolute atomic E-state index is 12.4. The van der Waals surface area contributed by atoms with E-state index in [1.165, 1.54) is 14.2 Å². The fourth-order valence-electron chi connectivity index (χ4n) is 2.44. The Hall–Kier alpha value is -2.54. The molecular formula is C19H21BrN2O4. The van der Waals surface area contributed by atoms with E-state index in [4.69, 9.17) is 9.47 Å². The van der Waals surface area contributed by atoms with Crippen molar-refractivity contribution in [1.29, 1.82) is 0 Å². The Labute approximate surface area is 161 Å². The summed E-state index contributed by atoms with van der Waals surface area (Å²) < 4.78 is 11.5. The van der Waals surface area contributed by atoms with Crippen molar-refractivity contribution in [1.82, 2.24) is 5.32 Å². The lowest BCUT2D eigenvalue weighted by atomic mass is 10.1. The van der Waals surface area contributed by atoms with E-state index >= 15 is 0 Å². The lowest BCUT2D eigenvalue weighted by Crippen LogP contribution is -2.33. The summed E-state index contributed by atoms with van der Waals surface area (Å²) in [6.07, 6.45) is 0. The van der Waals surface area contributed by atoms with E-state index in [-0.39, 0.29) is 18.4 Å². The van der Waals surface area contributed by atoms with E-state index in [1.54, 1.807) is 18.2 Å². The summed E-state index contributed by atoms with van der Waals surface area (Å²) in [6, 6.07) is 8.77. The molecule has 0 saturated carbocycles. The number of benzene rings is 2. The maximum Gasteiger partial charge on any atom is 0.251 e. The van der Waals surface area contributed by atoms with Gasteiger partial charge in [-0.2, -0.15) is 0 Å². The van der Waals surface area contributed by atoms with Gasteiger partial charge < -0.3 is 20.1 Å². The van der Waals surface area contributed by atoms with Crippen LogP contribution in [0.4, 0.5) is 5.69 Å². The molecule has 0 unspecified atom stereocenters. The Morgan fingerprint density at radius 1 is 1.04 bits per heavy atom. The fourth-order valence-corrected chi connectivity index (χ4v) is 2.92. The summed E-state index contributed by atoms with van der Waals surface area (Å²) >= 11 is 3.38. The van der Waals surface area contributed by atoms with Crippen LogP contribution >= 0.6 is 15.9 Å². The molecule has 0 atom stereocenters. The lowest BCUT2D eigenvalue weighted by molar-refractivity contribution is -0.115. The Morgan fingerprint density at radius 3 is 2.19 bits per heavy atom. The van der Waals surface area contributed by atoms with Crippen molar-refractivity contribution in [3.8, 4) is 11.5 Å². The van der Waals surface area contributed by atoms with Gasteiger partial charge in [-0.15, -0.1) is 0 Å². The van der Waals surface area contributed by atoms with Gasteiger partial charge in [0.15, 0.2) is 0 Å². The van der Waals surface area contributed by atoms with Gasteiger partial charge in [-0.05, 0) is 49.7 Å². The highest BCUT2D eigenvalue weighted by Gasteiger charge is 2.14. The largest absolute Gasteiger partial charge is 0.496 e. The molecule has 2 aromatic carbocycles. The number of methoxy groups -OCH3 is 2. The van der Waals surface area contributed by atoms with E-state index < -0.39 is 0 Å². The molecule has 138 valence electrons. The van der Waals surface area contributed by atoms with Crippen LogP contribution in [-0.4, -0.2) is 32.6 Å². The van der Waals surface area contributed by atoms with Crippen LogP contribution in [0, 0.1) is 13.8 Å². The highest BCUT2D eigenvalue weighted by atomic mass is 79.9. The number of amides is 2. The second-order valence-electron chi connectivity index (χ2n) is 5.70. The van der Waals surface area contributed by atoms with Crippen molar-refractivity contribution in [3.05, 3.63) is 51.5 Å². The first kappa shape index (κ1) is 19.8. The molecular weight excluding hydrogens is 400 g/mol. The summed E-state index contributed by atoms with van der Waals surface area (Å²) in [4.78, 5) is 24.5. The van der Waals surface area contributed by atoms with E-state index in [1.807, 2.05) is 26.0 Å². The summed E-state index contributed by atoms with van der Waals surface area (Å²) in [6.45, 7) is 3.59. The smallest absolute Gasteiger partial charge is 0.251 e. The standard InChI is InChI=1S/C19H21BrN2O4/c1-11-7-14(20)5-6-15(11)22-18(23)10-21-19(24)13-8-16(25-3)12(2)17(9-13)26-4/h5-9H,10H2,1-4H3,(H,21,24)(H,22,23). The molecule has 0 aromatic heterocycles. The Kier molecular flexibility index (Phi) is 6.63. The zero-order valence-corrected chi connectivity index (χ0v) is 16.7. The van der Waals surface area contributed by atoms with Gasteiger partial charge in [0.05, 0.1) is 20.8 Å². The van der Waals surface area contributed by atoms with Gasteiger partial charge in [0.25, 0.3) is 5.91 Å². The zero-order valence-electron chi connectivity index (χ0n) is 15.1. The van der Waals surface area contributed by atoms with Crippen LogP contribution in [0.5, 0.6) is 11.5 Å². The number of ether oxygens (including phenoxy) is 2. The summed E-state index contributed by atoms with van der Waals surface area (Å²) in [5.41, 5.74) is 2.78. The monoisotopic (exact) mass is 420 g/mol. The molecule has 2 aromatic rings. The lowest BCUT2D eigenvalue weighted by Gasteiger charge is -2.13. The van der Waals surface area contributed by atoms with Crippen molar-refractivity contribution >= 4 is 33.4 Å². The van der Waals surface area contributed by atoms with Crippen molar-refractivity contribution in [2.75, 3.05) is 26.1 Å². The van der Waals surface area contributed by atoms with Crippen molar-refractivity contribution < 1.29 is 19.1 Å². The molecule has 0 bridgehead atoms. The normalized spacial score (nSPS) is 10.2. The number of anilines is 1. The van der Waals surface area contributed by atoms with Gasteiger partial charge in [0, 0.05) is 21.3 Å². The van der Waals surface area contributed by atoms with Crippen LogP contribution in [0.2, 0.25) is 0 Å². The molecule has 7 heteroatoms. The fraction of sp³-hybridized carbons (Fsp3) is 0.263. The molecule has 0 aliphatic rings. The Morgan fingerprint density at radius 2 is 1.65 bits per heavy atom. The van der Waals surface area contributed by atoms with Crippen LogP contribution in [-0.2, 0) is 4.79 Å². The molecule has 0 aliphatic heterocycles. The first-order valence-electron chi connectivity index (χ1n) is 7.92. The first-order valence-corrected chi connectivity index (χ1v) is 8.71. The van der Waals surface area contributed by atoms with Gasteiger partial charge in [0.2, 0.25) is 5.91 Å². The summed E-state index contributed by atoms with van der Waals surface area (Å²) in [5.74, 6) is 0.396. The van der Waals surface area contributed by atoms with Crippen LogP contribution in [0.15, 0.2) is 34.8 Å². The summed E-state index contributed by atoms with van der Waals surface area (Å²) in [5, 5.41) is 5.38. The minimum absolute atomic E-state index is 0.146. The molecule has 26 heavy (non-hydrogen) atoms. The third-order valence-electron chi connectivity index (χ3n) is 3.89. The number of halogens is 1. The molecule has 2 amide bonds. The number of rotatable bonds is 6. The highest BCUT2D eigenvalue weighted by Crippen LogP contribution is 2.29. The topological polar surface area (TPSA) is 76.7 Å². The molecule has 0 saturated heterocycles. The van der Waals surface area contributed by atoms with Gasteiger partial charge >= 0.3 is 0 Å².